The number of anilines is 1. The van der Waals surface area contributed by atoms with Crippen molar-refractivity contribution in [3.8, 4) is 5.75 Å². The second-order valence-electron chi connectivity index (χ2n) is 7.25. The van der Waals surface area contributed by atoms with Gasteiger partial charge in [-0.2, -0.15) is 0 Å². The number of amides is 3. The Hall–Kier alpha value is -3.48. The predicted octanol–water partition coefficient (Wildman–Crippen LogP) is 4.85. The molecule has 158 valence electrons. The van der Waals surface area contributed by atoms with Crippen LogP contribution >= 0.6 is 0 Å². The summed E-state index contributed by atoms with van der Waals surface area (Å²) in [6.07, 6.45) is 0. The zero-order valence-corrected chi connectivity index (χ0v) is 17.6. The first-order valence-electron chi connectivity index (χ1n) is 10.0. The van der Waals surface area contributed by atoms with Gasteiger partial charge in [0.05, 0.1) is 23.9 Å². The van der Waals surface area contributed by atoms with Crippen molar-refractivity contribution < 1.29 is 18.7 Å². The van der Waals surface area contributed by atoms with Crippen molar-refractivity contribution >= 4 is 28.6 Å². The quantitative estimate of drug-likeness (QED) is 0.520. The molecule has 1 unspecified atom stereocenters. The number of carbonyl (C=O) groups is 2. The number of hydrogen-bond acceptors (Lipinski definition) is 4. The third-order valence-corrected chi connectivity index (χ3v) is 4.44. The van der Waals surface area contributed by atoms with Crippen LogP contribution in [-0.4, -0.2) is 24.6 Å². The largest absolute Gasteiger partial charge is 0.490 e. The number of rotatable bonds is 7. The van der Waals surface area contributed by atoms with Crippen molar-refractivity contribution in [3.05, 3.63) is 59.9 Å². The van der Waals surface area contributed by atoms with Crippen LogP contribution in [0.3, 0.4) is 0 Å². The Bertz CT molecular complexity index is 1040. The predicted molar refractivity (Wildman–Crippen MR) is 117 cm³/mol. The van der Waals surface area contributed by atoms with Crippen LogP contribution < -0.4 is 20.7 Å². The van der Waals surface area contributed by atoms with Gasteiger partial charge in [-0.15, -0.1) is 0 Å². The summed E-state index contributed by atoms with van der Waals surface area (Å²) >= 11 is 0. The number of benzene rings is 2. The fourth-order valence-electron chi connectivity index (χ4n) is 3.10. The van der Waals surface area contributed by atoms with Crippen LogP contribution in [0.15, 0.2) is 52.9 Å². The van der Waals surface area contributed by atoms with Crippen LogP contribution in [0.25, 0.3) is 11.0 Å². The van der Waals surface area contributed by atoms with E-state index in [9.17, 15) is 9.59 Å². The van der Waals surface area contributed by atoms with E-state index in [0.717, 1.165) is 5.39 Å². The van der Waals surface area contributed by atoms with Gasteiger partial charge in [0, 0.05) is 11.4 Å². The highest BCUT2D eigenvalue weighted by atomic mass is 16.5. The van der Waals surface area contributed by atoms with Gasteiger partial charge in [0.15, 0.2) is 11.3 Å². The van der Waals surface area contributed by atoms with E-state index in [2.05, 4.69) is 16.0 Å². The minimum Gasteiger partial charge on any atom is -0.490 e. The van der Waals surface area contributed by atoms with Crippen molar-refractivity contribution in [2.45, 2.75) is 39.8 Å². The van der Waals surface area contributed by atoms with Gasteiger partial charge in [0.2, 0.25) is 0 Å². The molecular weight excluding hydrogens is 382 g/mol. The minimum absolute atomic E-state index is 0.0133. The molecule has 1 heterocycles. The van der Waals surface area contributed by atoms with E-state index >= 15 is 0 Å². The molecule has 0 radical (unpaired) electrons. The lowest BCUT2D eigenvalue weighted by Crippen LogP contribution is -2.35. The number of nitrogens with one attached hydrogen (secondary N) is 3. The fourth-order valence-corrected chi connectivity index (χ4v) is 3.10. The second-order valence-corrected chi connectivity index (χ2v) is 7.25. The zero-order chi connectivity index (χ0) is 21.7. The molecule has 3 rings (SSSR count). The standard InChI is InChI=1S/C23H27N3O4/c1-5-29-19-12-8-9-16-13-20(30-21(16)19)15(4)25-22(27)17-10-6-7-11-18(17)26-23(28)24-14(2)3/h6-15H,5H2,1-4H3,(H,25,27)(H2,24,26,28). The van der Waals surface area contributed by atoms with E-state index in [0.29, 0.717) is 35.0 Å². The van der Waals surface area contributed by atoms with E-state index in [1.165, 1.54) is 0 Å². The molecule has 0 saturated carbocycles. The van der Waals surface area contributed by atoms with Crippen molar-refractivity contribution in [2.24, 2.45) is 0 Å². The lowest BCUT2D eigenvalue weighted by molar-refractivity contribution is 0.0936. The zero-order valence-electron chi connectivity index (χ0n) is 17.6. The van der Waals surface area contributed by atoms with Crippen LogP contribution in [0.2, 0.25) is 0 Å². The van der Waals surface area contributed by atoms with E-state index in [1.807, 2.05) is 52.0 Å². The molecule has 3 N–H and O–H groups in total. The molecule has 1 atom stereocenters. The number of urea groups is 1. The number of hydrogen-bond donors (Lipinski definition) is 3. The normalized spacial score (nSPS) is 11.9. The van der Waals surface area contributed by atoms with Crippen molar-refractivity contribution in [2.75, 3.05) is 11.9 Å². The summed E-state index contributed by atoms with van der Waals surface area (Å²) in [7, 11) is 0. The topological polar surface area (TPSA) is 92.6 Å². The third kappa shape index (κ3) is 4.92. The number of ether oxygens (including phenoxy) is 1. The molecule has 0 aliphatic heterocycles. The molecule has 0 aliphatic carbocycles. The Morgan fingerprint density at radius 2 is 1.80 bits per heavy atom. The first-order chi connectivity index (χ1) is 14.4. The molecule has 0 saturated heterocycles. The van der Waals surface area contributed by atoms with Crippen molar-refractivity contribution in [3.63, 3.8) is 0 Å². The lowest BCUT2D eigenvalue weighted by atomic mass is 10.1. The van der Waals surface area contributed by atoms with Gasteiger partial charge in [-0.1, -0.05) is 24.3 Å². The summed E-state index contributed by atoms with van der Waals surface area (Å²) < 4.78 is 11.6. The first-order valence-corrected chi connectivity index (χ1v) is 10.0. The molecular formula is C23H27N3O4. The van der Waals surface area contributed by atoms with Crippen LogP contribution in [-0.2, 0) is 0 Å². The number of para-hydroxylation sites is 2. The molecule has 0 fully saturated rings. The molecule has 1 aromatic heterocycles. The van der Waals surface area contributed by atoms with Gasteiger partial charge in [0.1, 0.15) is 5.76 Å². The smallest absolute Gasteiger partial charge is 0.319 e. The fraction of sp³-hybridized carbons (Fsp3) is 0.304. The Morgan fingerprint density at radius 3 is 2.53 bits per heavy atom. The number of carbonyl (C=O) groups excluding carboxylic acids is 2. The van der Waals surface area contributed by atoms with Crippen molar-refractivity contribution in [1.29, 1.82) is 0 Å². The van der Waals surface area contributed by atoms with E-state index in [1.54, 1.807) is 24.3 Å². The summed E-state index contributed by atoms with van der Waals surface area (Å²) in [6, 6.07) is 13.7. The summed E-state index contributed by atoms with van der Waals surface area (Å²) in [5.41, 5.74) is 1.46. The highest BCUT2D eigenvalue weighted by molar-refractivity contribution is 6.03. The van der Waals surface area contributed by atoms with E-state index < -0.39 is 0 Å². The van der Waals surface area contributed by atoms with E-state index in [4.69, 9.17) is 9.15 Å². The summed E-state index contributed by atoms with van der Waals surface area (Å²) in [4.78, 5) is 24.9. The highest BCUT2D eigenvalue weighted by Crippen LogP contribution is 2.31. The number of furan rings is 1. The molecule has 0 spiro atoms. The molecule has 7 nitrogen and oxygen atoms in total. The molecule has 30 heavy (non-hydrogen) atoms. The molecule has 2 aromatic carbocycles. The van der Waals surface area contributed by atoms with Crippen LogP contribution in [0.4, 0.5) is 10.5 Å². The first kappa shape index (κ1) is 21.2. The van der Waals surface area contributed by atoms with Gasteiger partial charge in [-0.25, -0.2) is 4.79 Å². The Kier molecular flexibility index (Phi) is 6.61. The average Bonchev–Trinajstić information content (AvgIpc) is 3.13. The average molecular weight is 409 g/mol. The molecule has 3 amide bonds. The van der Waals surface area contributed by atoms with Gasteiger partial charge < -0.3 is 25.1 Å². The minimum atomic E-state index is -0.378. The maximum atomic E-state index is 12.9. The number of fused-ring (bicyclic) bond motifs is 1. The summed E-state index contributed by atoms with van der Waals surface area (Å²) in [5, 5.41) is 9.31. The molecule has 0 aliphatic rings. The highest BCUT2D eigenvalue weighted by Gasteiger charge is 2.19. The monoisotopic (exact) mass is 409 g/mol. The maximum Gasteiger partial charge on any atom is 0.319 e. The van der Waals surface area contributed by atoms with Gasteiger partial charge in [-0.05, 0) is 52.0 Å². The van der Waals surface area contributed by atoms with Gasteiger partial charge in [-0.3, -0.25) is 4.79 Å². The summed E-state index contributed by atoms with van der Waals surface area (Å²) in [5.74, 6) is 0.979. The molecule has 3 aromatic rings. The van der Waals surface area contributed by atoms with Gasteiger partial charge >= 0.3 is 6.03 Å². The Labute approximate surface area is 175 Å². The molecule has 7 heteroatoms. The van der Waals surface area contributed by atoms with E-state index in [-0.39, 0.29) is 24.0 Å². The van der Waals surface area contributed by atoms with Crippen LogP contribution in [0.5, 0.6) is 5.75 Å². The summed E-state index contributed by atoms with van der Waals surface area (Å²) in [6.45, 7) is 8.03. The van der Waals surface area contributed by atoms with Crippen molar-refractivity contribution in [1.82, 2.24) is 10.6 Å². The van der Waals surface area contributed by atoms with Crippen LogP contribution in [0, 0.1) is 0 Å². The second kappa shape index (κ2) is 9.35. The lowest BCUT2D eigenvalue weighted by Gasteiger charge is -2.15. The Balaban J connectivity index is 1.77. The van der Waals surface area contributed by atoms with Crippen LogP contribution in [0.1, 0.15) is 49.9 Å². The SMILES string of the molecule is CCOc1cccc2cc(C(C)NC(=O)c3ccccc3NC(=O)NC(C)C)oc12. The maximum absolute atomic E-state index is 12.9. The molecule has 0 bridgehead atoms. The third-order valence-electron chi connectivity index (χ3n) is 4.44. The van der Waals surface area contributed by atoms with Gasteiger partial charge in [0.25, 0.3) is 5.91 Å². The Morgan fingerprint density at radius 1 is 1.03 bits per heavy atom.